The lowest BCUT2D eigenvalue weighted by Gasteiger charge is -2.22. The molecule has 35 heavy (non-hydrogen) atoms. The Morgan fingerprint density at radius 2 is 2.00 bits per heavy atom. The lowest BCUT2D eigenvalue weighted by Crippen LogP contribution is -2.24. The van der Waals surface area contributed by atoms with E-state index in [0.717, 1.165) is 37.3 Å². The summed E-state index contributed by atoms with van der Waals surface area (Å²) in [7, 11) is 0. The molecule has 0 spiro atoms. The van der Waals surface area contributed by atoms with Crippen LogP contribution >= 0.6 is 0 Å². The fourth-order valence-electron chi connectivity index (χ4n) is 4.52. The molecule has 1 N–H and O–H groups in total. The highest BCUT2D eigenvalue weighted by atomic mass is 19.3. The van der Waals surface area contributed by atoms with E-state index in [0.29, 0.717) is 35.5 Å². The summed E-state index contributed by atoms with van der Waals surface area (Å²) in [5.74, 6) is -3.36. The number of anilines is 1. The zero-order chi connectivity index (χ0) is 24.6. The zero-order valence-electron chi connectivity index (χ0n) is 19.5. The molecule has 0 saturated heterocycles. The van der Waals surface area contributed by atoms with Crippen molar-refractivity contribution in [1.29, 1.82) is 5.26 Å². The second-order valence-electron chi connectivity index (χ2n) is 9.42. The number of halogens is 3. The predicted molar refractivity (Wildman–Crippen MR) is 125 cm³/mol. The van der Waals surface area contributed by atoms with Crippen LogP contribution in [0, 0.1) is 17.1 Å². The van der Waals surface area contributed by atoms with Crippen LogP contribution in [0.5, 0.6) is 0 Å². The van der Waals surface area contributed by atoms with E-state index < -0.39 is 35.4 Å². The van der Waals surface area contributed by atoms with Gasteiger partial charge in [0.2, 0.25) is 0 Å². The quantitative estimate of drug-likeness (QED) is 0.478. The summed E-state index contributed by atoms with van der Waals surface area (Å²) >= 11 is 0. The molecule has 1 fully saturated rings. The number of benzene rings is 1. The minimum atomic E-state index is -3.44. The predicted octanol–water partition coefficient (Wildman–Crippen LogP) is 5.73. The Bertz CT molecular complexity index is 1300. The van der Waals surface area contributed by atoms with Crippen molar-refractivity contribution in [2.75, 3.05) is 18.5 Å². The molecular formula is C26H26F3N5O. The molecular weight excluding hydrogens is 455 g/mol. The SMILES string of the molecule is C[C@H]1Nc2nc(nc3ncc(C4(C#N)CC4)cc23)CCCCCOCC(F)(F)c2cccc1c2F. The number of aromatic nitrogens is 3. The first-order valence-electron chi connectivity index (χ1n) is 11.9. The van der Waals surface area contributed by atoms with Crippen LogP contribution in [0.3, 0.4) is 0 Å². The number of hydrogen-bond acceptors (Lipinski definition) is 6. The molecule has 1 aromatic carbocycles. The number of alkyl halides is 2. The summed E-state index contributed by atoms with van der Waals surface area (Å²) in [6.45, 7) is 1.00. The fraction of sp³-hybridized carbons (Fsp3) is 0.462. The molecule has 1 aliphatic carbocycles. The van der Waals surface area contributed by atoms with Crippen molar-refractivity contribution in [3.63, 3.8) is 0 Å². The van der Waals surface area contributed by atoms with E-state index in [1.165, 1.54) is 12.1 Å². The standard InChI is InChI=1S/C26H26F3N5O/c1-16-18-6-5-7-20(22(18)27)26(28,29)15-35-11-4-2-3-8-21-33-23-19(24(32-16)34-21)12-17(13-31-23)25(14-30)9-10-25/h5-7,12-13,16H,2-4,8-11,15H2,1H3,(H,31,32,33,34)/t16-/m1/s1. The summed E-state index contributed by atoms with van der Waals surface area (Å²) in [6, 6.07) is 7.59. The van der Waals surface area contributed by atoms with Gasteiger partial charge in [-0.2, -0.15) is 14.0 Å². The average molecular weight is 482 g/mol. The number of ether oxygens (including phenoxy) is 1. The molecule has 2 aromatic heterocycles. The van der Waals surface area contributed by atoms with Gasteiger partial charge in [-0.05, 0) is 50.3 Å². The Kier molecular flexibility index (Phi) is 6.09. The summed E-state index contributed by atoms with van der Waals surface area (Å²) in [5.41, 5.74) is 0.159. The number of nitriles is 1. The molecule has 2 aliphatic rings. The maximum Gasteiger partial charge on any atom is 0.298 e. The van der Waals surface area contributed by atoms with Crippen molar-refractivity contribution in [1.82, 2.24) is 15.0 Å². The molecule has 6 nitrogen and oxygen atoms in total. The Balaban J connectivity index is 1.60. The lowest BCUT2D eigenvalue weighted by atomic mass is 9.98. The number of pyridine rings is 1. The van der Waals surface area contributed by atoms with Crippen molar-refractivity contribution < 1.29 is 17.9 Å². The molecule has 3 aromatic rings. The van der Waals surface area contributed by atoms with Crippen molar-refractivity contribution >= 4 is 16.9 Å². The Labute approximate surface area is 201 Å². The highest BCUT2D eigenvalue weighted by Gasteiger charge is 2.45. The summed E-state index contributed by atoms with van der Waals surface area (Å²) in [4.78, 5) is 13.8. The lowest BCUT2D eigenvalue weighted by molar-refractivity contribution is -0.0853. The second kappa shape index (κ2) is 9.08. The normalized spacial score (nSPS) is 21.6. The molecule has 1 aliphatic heterocycles. The van der Waals surface area contributed by atoms with Gasteiger partial charge in [0.25, 0.3) is 5.92 Å². The van der Waals surface area contributed by atoms with Gasteiger partial charge in [0.1, 0.15) is 24.1 Å². The van der Waals surface area contributed by atoms with E-state index in [-0.39, 0.29) is 12.2 Å². The van der Waals surface area contributed by atoms with E-state index in [2.05, 4.69) is 21.4 Å². The minimum absolute atomic E-state index is 0.0994. The molecule has 0 radical (unpaired) electrons. The van der Waals surface area contributed by atoms with Crippen LogP contribution in [0.25, 0.3) is 11.0 Å². The summed E-state index contributed by atoms with van der Waals surface area (Å²) < 4.78 is 50.0. The molecule has 1 atom stereocenters. The Hall–Kier alpha value is -3.25. The molecule has 5 rings (SSSR count). The molecule has 4 bridgehead atoms. The third-order valence-electron chi connectivity index (χ3n) is 6.83. The van der Waals surface area contributed by atoms with Gasteiger partial charge in [0, 0.05) is 24.8 Å². The number of rotatable bonds is 1. The van der Waals surface area contributed by atoms with Crippen molar-refractivity contribution in [3.05, 3.63) is 58.8 Å². The van der Waals surface area contributed by atoms with Crippen LogP contribution in [0.2, 0.25) is 0 Å². The van der Waals surface area contributed by atoms with E-state index in [1.807, 2.05) is 6.07 Å². The smallest absolute Gasteiger partial charge is 0.298 e. The first-order valence-corrected chi connectivity index (χ1v) is 11.9. The molecule has 182 valence electrons. The number of aryl methyl sites for hydroxylation is 1. The van der Waals surface area contributed by atoms with Crippen molar-refractivity contribution in [2.24, 2.45) is 0 Å². The van der Waals surface area contributed by atoms with Crippen LogP contribution in [0.15, 0.2) is 30.5 Å². The second-order valence-corrected chi connectivity index (χ2v) is 9.42. The first-order chi connectivity index (χ1) is 16.8. The molecule has 9 heteroatoms. The zero-order valence-corrected chi connectivity index (χ0v) is 19.5. The fourth-order valence-corrected chi connectivity index (χ4v) is 4.52. The van der Waals surface area contributed by atoms with Crippen LogP contribution in [0.1, 0.15) is 67.6 Å². The van der Waals surface area contributed by atoms with E-state index in [1.54, 1.807) is 13.1 Å². The first kappa shape index (κ1) is 23.5. The van der Waals surface area contributed by atoms with Crippen LogP contribution in [-0.2, 0) is 22.5 Å². The summed E-state index contributed by atoms with van der Waals surface area (Å²) in [6.07, 6.45) is 5.94. The van der Waals surface area contributed by atoms with Gasteiger partial charge in [0.15, 0.2) is 5.65 Å². The van der Waals surface area contributed by atoms with Gasteiger partial charge in [-0.25, -0.2) is 19.3 Å². The van der Waals surface area contributed by atoms with Gasteiger partial charge in [-0.15, -0.1) is 0 Å². The third kappa shape index (κ3) is 4.55. The minimum Gasteiger partial charge on any atom is -0.375 e. The number of fused-ring (bicyclic) bond motifs is 6. The van der Waals surface area contributed by atoms with E-state index >= 15 is 4.39 Å². The van der Waals surface area contributed by atoms with Crippen LogP contribution < -0.4 is 5.32 Å². The highest BCUT2D eigenvalue weighted by molar-refractivity contribution is 5.87. The number of nitrogens with one attached hydrogen (secondary N) is 1. The largest absolute Gasteiger partial charge is 0.375 e. The van der Waals surface area contributed by atoms with E-state index in [4.69, 9.17) is 9.72 Å². The molecule has 0 unspecified atom stereocenters. The maximum atomic E-state index is 15.3. The number of nitrogens with zero attached hydrogens (tertiary/aromatic N) is 4. The highest BCUT2D eigenvalue weighted by Crippen LogP contribution is 2.48. The third-order valence-corrected chi connectivity index (χ3v) is 6.83. The summed E-state index contributed by atoms with van der Waals surface area (Å²) in [5, 5.41) is 13.5. The van der Waals surface area contributed by atoms with Gasteiger partial charge < -0.3 is 10.1 Å². The van der Waals surface area contributed by atoms with Crippen LogP contribution in [-0.4, -0.2) is 28.2 Å². The average Bonchev–Trinajstić information content (AvgIpc) is 3.64. The van der Waals surface area contributed by atoms with Crippen LogP contribution in [0.4, 0.5) is 19.0 Å². The Morgan fingerprint density at radius 3 is 2.77 bits per heavy atom. The van der Waals surface area contributed by atoms with Crippen molar-refractivity contribution in [2.45, 2.75) is 62.8 Å². The molecule has 3 heterocycles. The monoisotopic (exact) mass is 481 g/mol. The van der Waals surface area contributed by atoms with E-state index in [9.17, 15) is 14.0 Å². The molecule has 1 saturated carbocycles. The van der Waals surface area contributed by atoms with Gasteiger partial charge in [0.05, 0.1) is 28.5 Å². The van der Waals surface area contributed by atoms with Crippen molar-refractivity contribution in [3.8, 4) is 6.07 Å². The topological polar surface area (TPSA) is 83.7 Å². The van der Waals surface area contributed by atoms with Gasteiger partial charge in [-0.3, -0.25) is 0 Å². The Morgan fingerprint density at radius 1 is 1.17 bits per heavy atom. The number of hydrogen-bond donors (Lipinski definition) is 1. The van der Waals surface area contributed by atoms with Gasteiger partial charge >= 0.3 is 0 Å². The van der Waals surface area contributed by atoms with Gasteiger partial charge in [-0.1, -0.05) is 18.6 Å². The maximum absolute atomic E-state index is 15.3. The molecule has 0 amide bonds.